The highest BCUT2D eigenvalue weighted by molar-refractivity contribution is 6.22. The van der Waals surface area contributed by atoms with Crippen molar-refractivity contribution < 1.29 is 23.9 Å². The number of fused-ring (bicyclic) bond motifs is 1. The molecule has 0 spiro atoms. The van der Waals surface area contributed by atoms with Crippen LogP contribution in [0.15, 0.2) is 42.5 Å². The number of imide groups is 1. The first kappa shape index (κ1) is 18.6. The van der Waals surface area contributed by atoms with Crippen LogP contribution in [0.25, 0.3) is 0 Å². The molecule has 0 unspecified atom stereocenters. The molecule has 27 heavy (non-hydrogen) atoms. The Morgan fingerprint density at radius 1 is 1.00 bits per heavy atom. The maximum Gasteiger partial charge on any atom is 0.261 e. The highest BCUT2D eigenvalue weighted by Crippen LogP contribution is 2.25. The van der Waals surface area contributed by atoms with E-state index in [0.717, 1.165) is 0 Å². The smallest absolute Gasteiger partial charge is 0.261 e. The van der Waals surface area contributed by atoms with Crippen molar-refractivity contribution in [1.29, 1.82) is 0 Å². The summed E-state index contributed by atoms with van der Waals surface area (Å²) in [4.78, 5) is 38.6. The Balaban J connectivity index is 1.75. The summed E-state index contributed by atoms with van der Waals surface area (Å²) in [5.74, 6) is -0.400. The largest absolute Gasteiger partial charge is 0.497 e. The van der Waals surface area contributed by atoms with Crippen molar-refractivity contribution >= 4 is 23.4 Å². The SMILES string of the molecule is COCCCN1C(=O)c2ccc(C(=O)Nc3ccc(OC)cc3)cc2C1=O. The van der Waals surface area contributed by atoms with E-state index in [4.69, 9.17) is 9.47 Å². The first-order valence-electron chi connectivity index (χ1n) is 8.49. The quantitative estimate of drug-likeness (QED) is 0.600. The van der Waals surface area contributed by atoms with Gasteiger partial charge in [0.25, 0.3) is 17.7 Å². The monoisotopic (exact) mass is 368 g/mol. The fourth-order valence-corrected chi connectivity index (χ4v) is 2.88. The Morgan fingerprint density at radius 2 is 1.70 bits per heavy atom. The molecule has 0 saturated carbocycles. The van der Waals surface area contributed by atoms with E-state index >= 15 is 0 Å². The molecule has 1 heterocycles. The lowest BCUT2D eigenvalue weighted by atomic mass is 10.1. The first-order valence-corrected chi connectivity index (χ1v) is 8.49. The number of methoxy groups -OCH3 is 2. The summed E-state index contributed by atoms with van der Waals surface area (Å²) < 4.78 is 10.0. The highest BCUT2D eigenvalue weighted by Gasteiger charge is 2.35. The van der Waals surface area contributed by atoms with E-state index in [1.165, 1.54) is 17.0 Å². The number of nitrogens with zero attached hydrogens (tertiary/aromatic N) is 1. The van der Waals surface area contributed by atoms with Crippen molar-refractivity contribution in [1.82, 2.24) is 4.90 Å². The number of carbonyl (C=O) groups excluding carboxylic acids is 3. The van der Waals surface area contributed by atoms with E-state index in [1.54, 1.807) is 44.6 Å². The maximum absolute atomic E-state index is 12.5. The van der Waals surface area contributed by atoms with Crippen molar-refractivity contribution in [3.05, 3.63) is 59.2 Å². The lowest BCUT2D eigenvalue weighted by Gasteiger charge is -2.12. The van der Waals surface area contributed by atoms with Gasteiger partial charge in [-0.3, -0.25) is 19.3 Å². The molecular formula is C20H20N2O5. The number of anilines is 1. The number of hydrogen-bond donors (Lipinski definition) is 1. The fourth-order valence-electron chi connectivity index (χ4n) is 2.88. The van der Waals surface area contributed by atoms with Gasteiger partial charge in [-0.05, 0) is 48.9 Å². The fraction of sp³-hybridized carbons (Fsp3) is 0.250. The standard InChI is InChI=1S/C20H20N2O5/c1-26-11-3-10-22-19(24)16-9-4-13(12-17(16)20(22)25)18(23)21-14-5-7-15(27-2)8-6-14/h4-9,12H,3,10-11H2,1-2H3,(H,21,23). The van der Waals surface area contributed by atoms with E-state index in [0.29, 0.717) is 35.6 Å². The number of carbonyl (C=O) groups is 3. The summed E-state index contributed by atoms with van der Waals surface area (Å²) in [6.07, 6.45) is 0.562. The molecule has 3 amide bonds. The molecule has 0 aromatic heterocycles. The molecule has 0 saturated heterocycles. The molecule has 0 aliphatic carbocycles. The molecule has 1 aliphatic rings. The number of nitrogens with one attached hydrogen (secondary N) is 1. The van der Waals surface area contributed by atoms with Gasteiger partial charge in [-0.25, -0.2) is 0 Å². The predicted molar refractivity (Wildman–Crippen MR) is 99.2 cm³/mol. The molecular weight excluding hydrogens is 348 g/mol. The molecule has 7 heteroatoms. The van der Waals surface area contributed by atoms with Crippen LogP contribution in [0.4, 0.5) is 5.69 Å². The molecule has 0 radical (unpaired) electrons. The van der Waals surface area contributed by atoms with Gasteiger partial charge in [0.1, 0.15) is 5.75 Å². The van der Waals surface area contributed by atoms with E-state index in [2.05, 4.69) is 5.32 Å². The Labute approximate surface area is 156 Å². The van der Waals surface area contributed by atoms with E-state index in [9.17, 15) is 14.4 Å². The van der Waals surface area contributed by atoms with E-state index in [-0.39, 0.29) is 29.8 Å². The van der Waals surface area contributed by atoms with Crippen molar-refractivity contribution in [2.24, 2.45) is 0 Å². The second-order valence-corrected chi connectivity index (χ2v) is 6.05. The number of benzene rings is 2. The van der Waals surface area contributed by atoms with Crippen LogP contribution in [-0.2, 0) is 4.74 Å². The molecule has 7 nitrogen and oxygen atoms in total. The maximum atomic E-state index is 12.5. The van der Waals surface area contributed by atoms with Gasteiger partial charge in [0.2, 0.25) is 0 Å². The van der Waals surface area contributed by atoms with Crippen LogP contribution in [0, 0.1) is 0 Å². The van der Waals surface area contributed by atoms with Crippen LogP contribution in [0.1, 0.15) is 37.5 Å². The van der Waals surface area contributed by atoms with Gasteiger partial charge in [0, 0.05) is 31.5 Å². The zero-order valence-corrected chi connectivity index (χ0v) is 15.2. The predicted octanol–water partition coefficient (Wildman–Crippen LogP) is 2.58. The lowest BCUT2D eigenvalue weighted by Crippen LogP contribution is -2.31. The van der Waals surface area contributed by atoms with E-state index in [1.807, 2.05) is 0 Å². The topological polar surface area (TPSA) is 84.9 Å². The van der Waals surface area contributed by atoms with Gasteiger partial charge in [-0.1, -0.05) is 0 Å². The van der Waals surface area contributed by atoms with Crippen LogP contribution >= 0.6 is 0 Å². The summed E-state index contributed by atoms with van der Waals surface area (Å²) in [7, 11) is 3.13. The minimum Gasteiger partial charge on any atom is -0.497 e. The Bertz CT molecular complexity index is 876. The van der Waals surface area contributed by atoms with Gasteiger partial charge in [-0.15, -0.1) is 0 Å². The van der Waals surface area contributed by atoms with Gasteiger partial charge in [0.05, 0.1) is 18.2 Å². The third-order valence-corrected chi connectivity index (χ3v) is 4.31. The van der Waals surface area contributed by atoms with Crippen LogP contribution in [0.3, 0.4) is 0 Å². The number of ether oxygens (including phenoxy) is 2. The zero-order valence-electron chi connectivity index (χ0n) is 15.2. The van der Waals surface area contributed by atoms with Crippen molar-refractivity contribution in [3.8, 4) is 5.75 Å². The van der Waals surface area contributed by atoms with Crippen LogP contribution in [-0.4, -0.2) is 50.0 Å². The third kappa shape index (κ3) is 3.83. The summed E-state index contributed by atoms with van der Waals surface area (Å²) in [6, 6.07) is 11.4. The lowest BCUT2D eigenvalue weighted by molar-refractivity contribution is 0.0638. The number of amides is 3. The average molecular weight is 368 g/mol. The van der Waals surface area contributed by atoms with Crippen molar-refractivity contribution in [3.63, 3.8) is 0 Å². The molecule has 3 rings (SSSR count). The Hall–Kier alpha value is -3.19. The summed E-state index contributed by atoms with van der Waals surface area (Å²) in [5, 5.41) is 2.76. The Morgan fingerprint density at radius 3 is 2.37 bits per heavy atom. The van der Waals surface area contributed by atoms with Crippen LogP contribution in [0.2, 0.25) is 0 Å². The van der Waals surface area contributed by atoms with Gasteiger partial charge in [-0.2, -0.15) is 0 Å². The summed E-state index contributed by atoms with van der Waals surface area (Å²) in [6.45, 7) is 0.747. The zero-order chi connectivity index (χ0) is 19.4. The number of rotatable bonds is 7. The Kier molecular flexibility index (Phi) is 5.52. The van der Waals surface area contributed by atoms with Crippen LogP contribution < -0.4 is 10.1 Å². The summed E-state index contributed by atoms with van der Waals surface area (Å²) in [5.41, 5.74) is 1.48. The molecule has 0 atom stereocenters. The minimum absolute atomic E-state index is 0.250. The second kappa shape index (κ2) is 8.01. The van der Waals surface area contributed by atoms with Crippen molar-refractivity contribution in [2.45, 2.75) is 6.42 Å². The average Bonchev–Trinajstić information content (AvgIpc) is 2.93. The minimum atomic E-state index is -0.384. The normalized spacial score (nSPS) is 12.9. The van der Waals surface area contributed by atoms with Gasteiger partial charge in [0.15, 0.2) is 0 Å². The molecule has 140 valence electrons. The van der Waals surface area contributed by atoms with E-state index < -0.39 is 0 Å². The second-order valence-electron chi connectivity index (χ2n) is 6.05. The molecule has 2 aromatic carbocycles. The van der Waals surface area contributed by atoms with Gasteiger partial charge >= 0.3 is 0 Å². The third-order valence-electron chi connectivity index (χ3n) is 4.31. The molecule has 1 aliphatic heterocycles. The van der Waals surface area contributed by atoms with Gasteiger partial charge < -0.3 is 14.8 Å². The molecule has 1 N–H and O–H groups in total. The molecule has 0 fully saturated rings. The first-order chi connectivity index (χ1) is 13.0. The molecule has 2 aromatic rings. The van der Waals surface area contributed by atoms with Crippen molar-refractivity contribution in [2.75, 3.05) is 32.7 Å². The molecule has 0 bridgehead atoms. The highest BCUT2D eigenvalue weighted by atomic mass is 16.5. The van der Waals surface area contributed by atoms with Crippen LogP contribution in [0.5, 0.6) is 5.75 Å². The summed E-state index contributed by atoms with van der Waals surface area (Å²) >= 11 is 0. The number of hydrogen-bond acceptors (Lipinski definition) is 5.